The number of halogens is 1. The Morgan fingerprint density at radius 1 is 1.33 bits per heavy atom. The number of para-hydroxylation sites is 1. The van der Waals surface area contributed by atoms with Gasteiger partial charge in [-0.15, -0.1) is 0 Å². The molecule has 1 amide bonds. The van der Waals surface area contributed by atoms with Gasteiger partial charge in [-0.05, 0) is 40.9 Å². The first-order valence-electron chi connectivity index (χ1n) is 6.42. The molecule has 1 aliphatic rings. The number of hydrogen-bond acceptors (Lipinski definition) is 2. The highest BCUT2D eigenvalue weighted by atomic mass is 79.9. The summed E-state index contributed by atoms with van der Waals surface area (Å²) in [6.45, 7) is 0.418. The van der Waals surface area contributed by atoms with Crippen molar-refractivity contribution in [3.8, 4) is 5.75 Å². The van der Waals surface area contributed by atoms with Gasteiger partial charge in [0.05, 0.1) is 17.5 Å². The van der Waals surface area contributed by atoms with Crippen molar-refractivity contribution in [3.63, 3.8) is 0 Å². The van der Waals surface area contributed by atoms with Gasteiger partial charge < -0.3 is 10.1 Å². The van der Waals surface area contributed by atoms with E-state index in [2.05, 4.69) is 21.2 Å². The molecule has 1 fully saturated rings. The molecule has 4 heteroatoms. The van der Waals surface area contributed by atoms with Crippen LogP contribution in [0.2, 0.25) is 0 Å². The van der Waals surface area contributed by atoms with Gasteiger partial charge in [-0.1, -0.05) is 25.0 Å². The van der Waals surface area contributed by atoms with E-state index in [-0.39, 0.29) is 5.91 Å². The summed E-state index contributed by atoms with van der Waals surface area (Å²) in [6, 6.07) is 8.05. The maximum absolute atomic E-state index is 11.7. The second-order valence-electron chi connectivity index (χ2n) is 4.58. The summed E-state index contributed by atoms with van der Waals surface area (Å²) in [7, 11) is 0. The summed E-state index contributed by atoms with van der Waals surface area (Å²) in [6.07, 6.45) is 5.13. The van der Waals surface area contributed by atoms with Crippen molar-refractivity contribution >= 4 is 21.8 Å². The second-order valence-corrected chi connectivity index (χ2v) is 5.43. The van der Waals surface area contributed by atoms with Crippen LogP contribution in [0.25, 0.3) is 0 Å². The zero-order chi connectivity index (χ0) is 12.8. The highest BCUT2D eigenvalue weighted by Crippen LogP contribution is 2.23. The summed E-state index contributed by atoms with van der Waals surface area (Å²) in [5.41, 5.74) is 0. The Morgan fingerprint density at radius 2 is 2.06 bits per heavy atom. The van der Waals surface area contributed by atoms with Crippen molar-refractivity contribution in [1.29, 1.82) is 0 Å². The van der Waals surface area contributed by atoms with E-state index in [1.165, 1.54) is 12.8 Å². The monoisotopic (exact) mass is 311 g/mol. The number of rotatable bonds is 5. The molecule has 0 aliphatic heterocycles. The molecule has 0 heterocycles. The predicted octanol–water partition coefficient (Wildman–Crippen LogP) is 3.28. The highest BCUT2D eigenvalue weighted by molar-refractivity contribution is 9.10. The van der Waals surface area contributed by atoms with E-state index < -0.39 is 0 Å². The first kappa shape index (κ1) is 13.4. The first-order chi connectivity index (χ1) is 8.75. The number of carbonyl (C=O) groups is 1. The van der Waals surface area contributed by atoms with E-state index in [1.807, 2.05) is 24.3 Å². The molecular formula is C14H18BrNO2. The van der Waals surface area contributed by atoms with E-state index in [0.29, 0.717) is 19.1 Å². The van der Waals surface area contributed by atoms with E-state index in [9.17, 15) is 4.79 Å². The van der Waals surface area contributed by atoms with Gasteiger partial charge in [0, 0.05) is 6.04 Å². The molecular weight excluding hydrogens is 294 g/mol. The molecule has 0 bridgehead atoms. The van der Waals surface area contributed by atoms with Crippen LogP contribution in [0.1, 0.15) is 32.1 Å². The number of ether oxygens (including phenoxy) is 1. The molecule has 1 aliphatic carbocycles. The lowest BCUT2D eigenvalue weighted by Crippen LogP contribution is -2.33. The Labute approximate surface area is 116 Å². The molecule has 1 aromatic carbocycles. The van der Waals surface area contributed by atoms with Crippen molar-refractivity contribution in [1.82, 2.24) is 5.32 Å². The third-order valence-electron chi connectivity index (χ3n) is 3.14. The summed E-state index contributed by atoms with van der Waals surface area (Å²) in [5.74, 6) is 0.875. The summed E-state index contributed by atoms with van der Waals surface area (Å²) in [4.78, 5) is 11.7. The van der Waals surface area contributed by atoms with Gasteiger partial charge in [0.1, 0.15) is 5.75 Å². The quantitative estimate of drug-likeness (QED) is 0.906. The molecule has 0 saturated heterocycles. The van der Waals surface area contributed by atoms with Crippen LogP contribution in [0.3, 0.4) is 0 Å². The Balaban J connectivity index is 1.68. The topological polar surface area (TPSA) is 38.3 Å². The summed E-state index contributed by atoms with van der Waals surface area (Å²) in [5, 5.41) is 3.05. The maximum atomic E-state index is 11.7. The van der Waals surface area contributed by atoms with Crippen molar-refractivity contribution < 1.29 is 9.53 Å². The lowest BCUT2D eigenvalue weighted by Gasteiger charge is -2.12. The maximum Gasteiger partial charge on any atom is 0.223 e. The van der Waals surface area contributed by atoms with Gasteiger partial charge in [-0.3, -0.25) is 4.79 Å². The smallest absolute Gasteiger partial charge is 0.223 e. The van der Waals surface area contributed by atoms with Crippen LogP contribution in [-0.2, 0) is 4.79 Å². The third-order valence-corrected chi connectivity index (χ3v) is 3.80. The normalized spacial score (nSPS) is 15.6. The zero-order valence-corrected chi connectivity index (χ0v) is 11.9. The van der Waals surface area contributed by atoms with Crippen LogP contribution in [0, 0.1) is 0 Å². The molecule has 1 aromatic rings. The van der Waals surface area contributed by atoms with Gasteiger partial charge in [0.15, 0.2) is 0 Å². The number of amides is 1. The number of carbonyl (C=O) groups excluding carboxylic acids is 1. The Kier molecular flexibility index (Phi) is 5.05. The zero-order valence-electron chi connectivity index (χ0n) is 10.3. The molecule has 3 nitrogen and oxygen atoms in total. The van der Waals surface area contributed by atoms with Gasteiger partial charge in [-0.25, -0.2) is 0 Å². The fourth-order valence-electron chi connectivity index (χ4n) is 2.19. The van der Waals surface area contributed by atoms with Gasteiger partial charge in [0.2, 0.25) is 5.91 Å². The molecule has 0 atom stereocenters. The van der Waals surface area contributed by atoms with Crippen molar-refractivity contribution in [2.75, 3.05) is 6.61 Å². The van der Waals surface area contributed by atoms with Crippen LogP contribution in [0.4, 0.5) is 0 Å². The molecule has 1 N–H and O–H groups in total. The number of benzene rings is 1. The largest absolute Gasteiger partial charge is 0.492 e. The molecule has 0 spiro atoms. The number of hydrogen-bond donors (Lipinski definition) is 1. The van der Waals surface area contributed by atoms with Crippen LogP contribution >= 0.6 is 15.9 Å². The third kappa shape index (κ3) is 4.02. The summed E-state index contributed by atoms with van der Waals surface area (Å²) < 4.78 is 6.48. The van der Waals surface area contributed by atoms with Crippen LogP contribution in [-0.4, -0.2) is 18.6 Å². The Morgan fingerprint density at radius 3 is 2.78 bits per heavy atom. The van der Waals surface area contributed by atoms with Crippen molar-refractivity contribution in [2.24, 2.45) is 0 Å². The Hall–Kier alpha value is -1.03. The first-order valence-corrected chi connectivity index (χ1v) is 7.21. The molecule has 0 radical (unpaired) electrons. The predicted molar refractivity (Wildman–Crippen MR) is 74.7 cm³/mol. The summed E-state index contributed by atoms with van der Waals surface area (Å²) >= 11 is 3.41. The average Bonchev–Trinajstić information content (AvgIpc) is 2.84. The lowest BCUT2D eigenvalue weighted by molar-refractivity contribution is -0.122. The van der Waals surface area contributed by atoms with E-state index in [0.717, 1.165) is 23.1 Å². The van der Waals surface area contributed by atoms with Crippen LogP contribution < -0.4 is 10.1 Å². The molecule has 0 aromatic heterocycles. The molecule has 18 heavy (non-hydrogen) atoms. The second kappa shape index (κ2) is 6.78. The molecule has 98 valence electrons. The standard InChI is InChI=1S/C14H18BrNO2/c15-12-7-3-4-8-13(12)18-10-9-14(17)16-11-5-1-2-6-11/h3-4,7-8,11H,1-2,5-6,9-10H2,(H,16,17). The van der Waals surface area contributed by atoms with Gasteiger partial charge >= 0.3 is 0 Å². The fraction of sp³-hybridized carbons (Fsp3) is 0.500. The van der Waals surface area contributed by atoms with Crippen LogP contribution in [0.5, 0.6) is 5.75 Å². The Bertz CT molecular complexity index is 403. The molecule has 1 saturated carbocycles. The SMILES string of the molecule is O=C(CCOc1ccccc1Br)NC1CCCC1. The van der Waals surface area contributed by atoms with Gasteiger partial charge in [0.25, 0.3) is 0 Å². The van der Waals surface area contributed by atoms with Crippen LogP contribution in [0.15, 0.2) is 28.7 Å². The van der Waals surface area contributed by atoms with Crippen molar-refractivity contribution in [3.05, 3.63) is 28.7 Å². The minimum Gasteiger partial charge on any atom is -0.492 e. The van der Waals surface area contributed by atoms with E-state index in [4.69, 9.17) is 4.74 Å². The average molecular weight is 312 g/mol. The lowest BCUT2D eigenvalue weighted by atomic mass is 10.2. The minimum absolute atomic E-state index is 0.0916. The molecule has 2 rings (SSSR count). The number of nitrogens with one attached hydrogen (secondary N) is 1. The molecule has 0 unspecified atom stereocenters. The van der Waals surface area contributed by atoms with Crippen molar-refractivity contribution in [2.45, 2.75) is 38.1 Å². The minimum atomic E-state index is 0.0916. The van der Waals surface area contributed by atoms with E-state index >= 15 is 0 Å². The highest BCUT2D eigenvalue weighted by Gasteiger charge is 2.16. The van der Waals surface area contributed by atoms with Gasteiger partial charge in [-0.2, -0.15) is 0 Å². The fourth-order valence-corrected chi connectivity index (χ4v) is 2.58. The van der Waals surface area contributed by atoms with E-state index in [1.54, 1.807) is 0 Å².